The molecule has 0 saturated carbocycles. The number of carbonyl (C=O) groups is 4. The molecule has 0 radical (unpaired) electrons. The van der Waals surface area contributed by atoms with E-state index in [2.05, 4.69) is 10.6 Å². The Kier molecular flexibility index (Phi) is 10.9. The average molecular weight is 629 g/mol. The highest BCUT2D eigenvalue weighted by molar-refractivity contribution is 7.98. The lowest BCUT2D eigenvalue weighted by Crippen LogP contribution is -2.51. The van der Waals surface area contributed by atoms with Crippen molar-refractivity contribution >= 4 is 75.5 Å². The van der Waals surface area contributed by atoms with Crippen molar-refractivity contribution in [3.63, 3.8) is 0 Å². The Morgan fingerprint density at radius 2 is 1.74 bits per heavy atom. The van der Waals surface area contributed by atoms with Gasteiger partial charge >= 0.3 is 5.97 Å². The Labute approximate surface area is 258 Å². The van der Waals surface area contributed by atoms with Gasteiger partial charge in [0.25, 0.3) is 0 Å². The van der Waals surface area contributed by atoms with E-state index in [-0.39, 0.29) is 24.8 Å². The summed E-state index contributed by atoms with van der Waals surface area (Å²) in [7, 11) is 0. The molecule has 0 spiro atoms. The molecular weight excluding hydrogens is 597 g/mol. The van der Waals surface area contributed by atoms with Crippen molar-refractivity contribution in [2.75, 3.05) is 25.9 Å². The average Bonchev–Trinajstić information content (AvgIpc) is 2.99. The van der Waals surface area contributed by atoms with Crippen LogP contribution in [-0.2, 0) is 25.6 Å². The molecule has 0 aromatic heterocycles. The molecule has 42 heavy (non-hydrogen) atoms. The SMILES string of the molecule is CSc1ccc(/C=C/C(=O)N2CCC(C(=O)N[C@@H](CNC(=O)Cc3cccc4ccccc34)C(=O)O)CC2)c(Cl)c1Cl. The number of rotatable bonds is 10. The number of hydrogen-bond donors (Lipinski definition) is 3. The van der Waals surface area contributed by atoms with Crippen LogP contribution in [0.1, 0.15) is 24.0 Å². The number of piperidine rings is 1. The van der Waals surface area contributed by atoms with Gasteiger partial charge in [0.1, 0.15) is 6.04 Å². The van der Waals surface area contributed by atoms with Crippen LogP contribution in [0.15, 0.2) is 65.6 Å². The number of hydrogen-bond acceptors (Lipinski definition) is 5. The Morgan fingerprint density at radius 3 is 2.45 bits per heavy atom. The predicted octanol–water partition coefficient (Wildman–Crippen LogP) is 5.05. The lowest BCUT2D eigenvalue weighted by molar-refractivity contribution is -0.142. The number of amides is 3. The summed E-state index contributed by atoms with van der Waals surface area (Å²) in [5.41, 5.74) is 1.46. The maximum absolute atomic E-state index is 12.9. The molecule has 1 heterocycles. The third-order valence-electron chi connectivity index (χ3n) is 7.23. The topological polar surface area (TPSA) is 116 Å². The van der Waals surface area contributed by atoms with Crippen LogP contribution in [0.2, 0.25) is 10.0 Å². The number of carbonyl (C=O) groups excluding carboxylic acids is 3. The van der Waals surface area contributed by atoms with E-state index in [0.29, 0.717) is 41.5 Å². The molecule has 1 saturated heterocycles. The molecule has 3 aromatic carbocycles. The Bertz CT molecular complexity index is 1520. The van der Waals surface area contributed by atoms with Crippen LogP contribution < -0.4 is 10.6 Å². The Morgan fingerprint density at radius 1 is 1.02 bits per heavy atom. The molecule has 11 heteroatoms. The molecule has 1 aliphatic heterocycles. The molecule has 0 bridgehead atoms. The van der Waals surface area contributed by atoms with Gasteiger partial charge in [-0.1, -0.05) is 71.7 Å². The summed E-state index contributed by atoms with van der Waals surface area (Å²) in [6.45, 7) is 0.457. The highest BCUT2D eigenvalue weighted by atomic mass is 35.5. The first kappa shape index (κ1) is 31.4. The lowest BCUT2D eigenvalue weighted by Gasteiger charge is -2.31. The minimum Gasteiger partial charge on any atom is -0.480 e. The smallest absolute Gasteiger partial charge is 0.328 e. The molecule has 220 valence electrons. The lowest BCUT2D eigenvalue weighted by atomic mass is 9.95. The molecule has 1 atom stereocenters. The normalized spacial score (nSPS) is 14.6. The standard InChI is InChI=1S/C31H31Cl2N3O5S/c1-42-25-11-9-20(28(32)29(25)33)10-12-27(38)36-15-13-21(14-16-36)30(39)35-24(31(40)41)18-34-26(37)17-22-7-4-6-19-5-2-3-8-23(19)22/h2-12,21,24H,13-18H2,1H3,(H,34,37)(H,35,39)(H,40,41)/b12-10+/t24-/m0/s1. The zero-order chi connectivity index (χ0) is 30.2. The van der Waals surface area contributed by atoms with E-state index < -0.39 is 23.8 Å². The largest absolute Gasteiger partial charge is 0.480 e. The summed E-state index contributed by atoms with van der Waals surface area (Å²) in [4.78, 5) is 52.5. The van der Waals surface area contributed by atoms with Gasteiger partial charge < -0.3 is 20.6 Å². The van der Waals surface area contributed by atoms with Crippen molar-refractivity contribution in [3.8, 4) is 0 Å². The van der Waals surface area contributed by atoms with E-state index in [0.717, 1.165) is 21.2 Å². The molecule has 0 aliphatic carbocycles. The summed E-state index contributed by atoms with van der Waals surface area (Å²) in [6, 6.07) is 15.8. The number of fused-ring (bicyclic) bond motifs is 1. The van der Waals surface area contributed by atoms with E-state index in [4.69, 9.17) is 23.2 Å². The first-order valence-corrected chi connectivity index (χ1v) is 15.4. The Balaban J connectivity index is 1.26. The number of aliphatic carboxylic acids is 1. The van der Waals surface area contributed by atoms with Crippen LogP contribution in [0.3, 0.4) is 0 Å². The summed E-state index contributed by atoms with van der Waals surface area (Å²) < 4.78 is 0. The zero-order valence-corrected chi connectivity index (χ0v) is 25.3. The van der Waals surface area contributed by atoms with Crippen molar-refractivity contribution in [2.45, 2.75) is 30.2 Å². The number of nitrogens with one attached hydrogen (secondary N) is 2. The fraction of sp³-hybridized carbons (Fsp3) is 0.290. The van der Waals surface area contributed by atoms with Crippen LogP contribution >= 0.6 is 35.0 Å². The molecule has 3 N–H and O–H groups in total. The van der Waals surface area contributed by atoms with Crippen molar-refractivity contribution in [1.29, 1.82) is 0 Å². The van der Waals surface area contributed by atoms with Gasteiger partial charge in [-0.25, -0.2) is 4.79 Å². The van der Waals surface area contributed by atoms with Crippen molar-refractivity contribution in [2.24, 2.45) is 5.92 Å². The third kappa shape index (κ3) is 7.85. The number of halogens is 2. The zero-order valence-electron chi connectivity index (χ0n) is 22.9. The van der Waals surface area contributed by atoms with E-state index in [1.807, 2.05) is 54.8 Å². The monoisotopic (exact) mass is 627 g/mol. The number of carboxylic acids is 1. The third-order valence-corrected chi connectivity index (χ3v) is 9.02. The molecule has 1 aliphatic rings. The number of benzene rings is 3. The molecule has 8 nitrogen and oxygen atoms in total. The van der Waals surface area contributed by atoms with Crippen LogP contribution in [0.25, 0.3) is 16.8 Å². The highest BCUT2D eigenvalue weighted by Crippen LogP contribution is 2.35. The predicted molar refractivity (Wildman–Crippen MR) is 167 cm³/mol. The van der Waals surface area contributed by atoms with Gasteiger partial charge in [-0.2, -0.15) is 0 Å². The van der Waals surface area contributed by atoms with E-state index in [1.54, 1.807) is 17.0 Å². The van der Waals surface area contributed by atoms with Crippen molar-refractivity contribution < 1.29 is 24.3 Å². The number of nitrogens with zero attached hydrogens (tertiary/aromatic N) is 1. The van der Waals surface area contributed by atoms with Gasteiger partial charge in [0.15, 0.2) is 0 Å². The first-order valence-electron chi connectivity index (χ1n) is 13.4. The second-order valence-corrected chi connectivity index (χ2v) is 11.5. The maximum Gasteiger partial charge on any atom is 0.328 e. The minimum atomic E-state index is -1.27. The molecular formula is C31H31Cl2N3O5S. The van der Waals surface area contributed by atoms with E-state index in [1.165, 1.54) is 17.8 Å². The summed E-state index contributed by atoms with van der Waals surface area (Å²) >= 11 is 14.1. The maximum atomic E-state index is 12.9. The fourth-order valence-corrected chi connectivity index (χ4v) is 6.02. The minimum absolute atomic E-state index is 0.0882. The molecule has 1 fully saturated rings. The van der Waals surface area contributed by atoms with Crippen LogP contribution in [-0.4, -0.2) is 65.6 Å². The van der Waals surface area contributed by atoms with Gasteiger partial charge in [-0.15, -0.1) is 11.8 Å². The second-order valence-electron chi connectivity index (χ2n) is 9.94. The first-order chi connectivity index (χ1) is 20.2. The molecule has 3 aromatic rings. The highest BCUT2D eigenvalue weighted by Gasteiger charge is 2.30. The van der Waals surface area contributed by atoms with Crippen molar-refractivity contribution in [1.82, 2.24) is 15.5 Å². The summed E-state index contributed by atoms with van der Waals surface area (Å²) in [5.74, 6) is -2.65. The quantitative estimate of drug-likeness (QED) is 0.214. The van der Waals surface area contributed by atoms with Crippen LogP contribution in [0.4, 0.5) is 0 Å². The van der Waals surface area contributed by atoms with E-state index >= 15 is 0 Å². The van der Waals surface area contributed by atoms with Gasteiger partial charge in [0.05, 0.1) is 16.5 Å². The van der Waals surface area contributed by atoms with Gasteiger partial charge in [0.2, 0.25) is 17.7 Å². The van der Waals surface area contributed by atoms with Gasteiger partial charge in [-0.05, 0) is 53.1 Å². The number of thioether (sulfide) groups is 1. The van der Waals surface area contributed by atoms with Crippen LogP contribution in [0, 0.1) is 5.92 Å². The fourth-order valence-electron chi connectivity index (χ4n) is 4.85. The molecule has 4 rings (SSSR count). The van der Waals surface area contributed by atoms with Gasteiger partial charge in [-0.3, -0.25) is 14.4 Å². The van der Waals surface area contributed by atoms with Gasteiger partial charge in [0, 0.05) is 36.5 Å². The van der Waals surface area contributed by atoms with E-state index in [9.17, 15) is 24.3 Å². The molecule has 3 amide bonds. The number of carboxylic acid groups (broad SMARTS) is 1. The summed E-state index contributed by atoms with van der Waals surface area (Å²) in [6.07, 6.45) is 5.81. The second kappa shape index (κ2) is 14.6. The Hall–Kier alpha value is -3.53. The summed E-state index contributed by atoms with van der Waals surface area (Å²) in [5, 5.41) is 17.6. The van der Waals surface area contributed by atoms with Crippen LogP contribution in [0.5, 0.6) is 0 Å². The number of likely N-dealkylation sites (tertiary alicyclic amines) is 1. The molecule has 0 unspecified atom stereocenters. The van der Waals surface area contributed by atoms with Crippen molar-refractivity contribution in [3.05, 3.63) is 81.8 Å².